The summed E-state index contributed by atoms with van der Waals surface area (Å²) in [6.45, 7) is 4.13. The number of amides is 1. The van der Waals surface area contributed by atoms with Gasteiger partial charge >= 0.3 is 0 Å². The molecular formula is C17H25NO2. The smallest absolute Gasteiger partial charge is 0.251 e. The molecule has 1 aliphatic carbocycles. The normalized spacial score (nSPS) is 23.1. The molecule has 0 bridgehead atoms. The predicted molar refractivity (Wildman–Crippen MR) is 80.8 cm³/mol. The Kier molecular flexibility index (Phi) is 5.18. The quantitative estimate of drug-likeness (QED) is 0.833. The van der Waals surface area contributed by atoms with Gasteiger partial charge in [-0.3, -0.25) is 4.79 Å². The summed E-state index contributed by atoms with van der Waals surface area (Å²) in [6, 6.07) is 6.06. The number of benzene rings is 1. The molecule has 110 valence electrons. The number of carbonyl (C=O) groups excluding carboxylic acids is 1. The lowest BCUT2D eigenvalue weighted by Crippen LogP contribution is -2.41. The molecule has 0 aromatic heterocycles. The first-order chi connectivity index (χ1) is 9.61. The zero-order valence-corrected chi connectivity index (χ0v) is 12.5. The summed E-state index contributed by atoms with van der Waals surface area (Å²) < 4.78 is 0. The van der Waals surface area contributed by atoms with E-state index in [9.17, 15) is 9.90 Å². The van der Waals surface area contributed by atoms with Crippen molar-refractivity contribution in [2.24, 2.45) is 5.92 Å². The van der Waals surface area contributed by atoms with E-state index in [0.29, 0.717) is 0 Å². The van der Waals surface area contributed by atoms with E-state index in [4.69, 9.17) is 0 Å². The number of carbonyl (C=O) groups is 1. The average Bonchev–Trinajstić information content (AvgIpc) is 2.66. The van der Waals surface area contributed by atoms with Crippen molar-refractivity contribution < 1.29 is 9.90 Å². The van der Waals surface area contributed by atoms with Crippen molar-refractivity contribution >= 4 is 5.91 Å². The first-order valence-corrected chi connectivity index (χ1v) is 7.61. The molecule has 2 rings (SSSR count). The monoisotopic (exact) mass is 275 g/mol. The Morgan fingerprint density at radius 2 is 2.00 bits per heavy atom. The molecule has 2 unspecified atom stereocenters. The molecule has 0 radical (unpaired) electrons. The van der Waals surface area contributed by atoms with Crippen LogP contribution in [0.2, 0.25) is 0 Å². The second-order valence-corrected chi connectivity index (χ2v) is 5.98. The second kappa shape index (κ2) is 6.89. The molecule has 3 nitrogen and oxygen atoms in total. The lowest BCUT2D eigenvalue weighted by Gasteiger charge is -2.25. The fourth-order valence-corrected chi connectivity index (χ4v) is 3.02. The maximum Gasteiger partial charge on any atom is 0.251 e. The minimum absolute atomic E-state index is 0.00319. The number of aliphatic hydroxyl groups is 1. The Morgan fingerprint density at radius 1 is 1.25 bits per heavy atom. The molecule has 0 saturated heterocycles. The number of aryl methyl sites for hydroxylation is 2. The highest BCUT2D eigenvalue weighted by Crippen LogP contribution is 2.23. The summed E-state index contributed by atoms with van der Waals surface area (Å²) in [4.78, 5) is 12.5. The molecule has 1 aliphatic rings. The molecule has 1 aromatic rings. The summed E-state index contributed by atoms with van der Waals surface area (Å²) >= 11 is 0. The van der Waals surface area contributed by atoms with Crippen LogP contribution in [0.4, 0.5) is 0 Å². The minimum atomic E-state index is -0.00319. The minimum Gasteiger partial charge on any atom is -0.396 e. The SMILES string of the molecule is Cc1ccc(C)c(C(=O)NC2CCCCCC2CO)c1. The van der Waals surface area contributed by atoms with Crippen molar-refractivity contribution in [3.8, 4) is 0 Å². The Hall–Kier alpha value is -1.35. The average molecular weight is 275 g/mol. The van der Waals surface area contributed by atoms with Gasteiger partial charge in [0.15, 0.2) is 0 Å². The molecule has 2 N–H and O–H groups in total. The van der Waals surface area contributed by atoms with Crippen LogP contribution in [0.15, 0.2) is 18.2 Å². The standard InChI is InChI=1S/C17H25NO2/c1-12-8-9-13(2)15(10-12)17(20)18-16-7-5-3-4-6-14(16)11-19/h8-10,14,16,19H,3-7,11H2,1-2H3,(H,18,20). The highest BCUT2D eigenvalue weighted by molar-refractivity contribution is 5.96. The van der Waals surface area contributed by atoms with Gasteiger partial charge in [0.2, 0.25) is 0 Å². The fourth-order valence-electron chi connectivity index (χ4n) is 3.02. The van der Waals surface area contributed by atoms with Gasteiger partial charge in [0.1, 0.15) is 0 Å². The van der Waals surface area contributed by atoms with Crippen LogP contribution >= 0.6 is 0 Å². The van der Waals surface area contributed by atoms with Crippen molar-refractivity contribution in [3.63, 3.8) is 0 Å². The predicted octanol–water partition coefficient (Wildman–Crippen LogP) is 2.97. The zero-order chi connectivity index (χ0) is 14.5. The molecular weight excluding hydrogens is 250 g/mol. The van der Waals surface area contributed by atoms with Crippen LogP contribution in [0.1, 0.15) is 53.6 Å². The zero-order valence-electron chi connectivity index (χ0n) is 12.5. The molecule has 0 spiro atoms. The molecule has 3 heteroatoms. The van der Waals surface area contributed by atoms with Gasteiger partial charge in [-0.05, 0) is 38.3 Å². The highest BCUT2D eigenvalue weighted by atomic mass is 16.3. The third-order valence-corrected chi connectivity index (χ3v) is 4.35. The molecule has 2 atom stereocenters. The van der Waals surface area contributed by atoms with E-state index in [1.165, 1.54) is 6.42 Å². The van der Waals surface area contributed by atoms with E-state index in [1.807, 2.05) is 32.0 Å². The van der Waals surface area contributed by atoms with Gasteiger partial charge in [0.25, 0.3) is 5.91 Å². The molecule has 20 heavy (non-hydrogen) atoms. The van der Waals surface area contributed by atoms with Gasteiger partial charge in [-0.15, -0.1) is 0 Å². The summed E-state index contributed by atoms with van der Waals surface area (Å²) in [7, 11) is 0. The van der Waals surface area contributed by atoms with E-state index in [2.05, 4.69) is 5.32 Å². The van der Waals surface area contributed by atoms with Gasteiger partial charge in [-0.25, -0.2) is 0 Å². The molecule has 0 heterocycles. The van der Waals surface area contributed by atoms with Crippen LogP contribution in [-0.2, 0) is 0 Å². The fraction of sp³-hybridized carbons (Fsp3) is 0.588. The van der Waals surface area contributed by atoms with Gasteiger partial charge < -0.3 is 10.4 Å². The van der Waals surface area contributed by atoms with Crippen molar-refractivity contribution in [3.05, 3.63) is 34.9 Å². The van der Waals surface area contributed by atoms with E-state index in [-0.39, 0.29) is 24.5 Å². The maximum absolute atomic E-state index is 12.5. The number of hydrogen-bond acceptors (Lipinski definition) is 2. The first-order valence-electron chi connectivity index (χ1n) is 7.61. The third-order valence-electron chi connectivity index (χ3n) is 4.35. The van der Waals surface area contributed by atoms with Gasteiger partial charge in [-0.2, -0.15) is 0 Å². The maximum atomic E-state index is 12.5. The molecule has 1 amide bonds. The van der Waals surface area contributed by atoms with Gasteiger partial charge in [-0.1, -0.05) is 37.0 Å². The summed E-state index contributed by atoms with van der Waals surface area (Å²) in [5.41, 5.74) is 2.86. The lowest BCUT2D eigenvalue weighted by molar-refractivity contribution is 0.0899. The van der Waals surface area contributed by atoms with Crippen molar-refractivity contribution in [1.82, 2.24) is 5.32 Å². The van der Waals surface area contributed by atoms with Crippen LogP contribution in [0.25, 0.3) is 0 Å². The Morgan fingerprint density at radius 3 is 2.75 bits per heavy atom. The van der Waals surface area contributed by atoms with Crippen LogP contribution in [0.3, 0.4) is 0 Å². The van der Waals surface area contributed by atoms with Crippen molar-refractivity contribution in [2.75, 3.05) is 6.61 Å². The molecule has 1 aromatic carbocycles. The van der Waals surface area contributed by atoms with Crippen molar-refractivity contribution in [1.29, 1.82) is 0 Å². The van der Waals surface area contributed by atoms with E-state index in [0.717, 1.165) is 42.4 Å². The second-order valence-electron chi connectivity index (χ2n) is 5.98. The summed E-state index contributed by atoms with van der Waals surface area (Å²) in [6.07, 6.45) is 5.47. The topological polar surface area (TPSA) is 49.3 Å². The Balaban J connectivity index is 2.11. The Labute approximate surface area is 121 Å². The van der Waals surface area contributed by atoms with Crippen molar-refractivity contribution in [2.45, 2.75) is 52.0 Å². The Bertz CT molecular complexity index is 470. The van der Waals surface area contributed by atoms with E-state index in [1.54, 1.807) is 0 Å². The van der Waals surface area contributed by atoms with Crippen LogP contribution < -0.4 is 5.32 Å². The van der Waals surface area contributed by atoms with Gasteiger partial charge in [0.05, 0.1) is 0 Å². The van der Waals surface area contributed by atoms with Crippen LogP contribution in [-0.4, -0.2) is 23.7 Å². The highest BCUT2D eigenvalue weighted by Gasteiger charge is 2.25. The lowest BCUT2D eigenvalue weighted by atomic mass is 9.95. The summed E-state index contributed by atoms with van der Waals surface area (Å²) in [5, 5.41) is 12.7. The van der Waals surface area contributed by atoms with Crippen LogP contribution in [0.5, 0.6) is 0 Å². The number of nitrogens with one attached hydrogen (secondary N) is 1. The number of aliphatic hydroxyl groups excluding tert-OH is 1. The largest absolute Gasteiger partial charge is 0.396 e. The van der Waals surface area contributed by atoms with Crippen LogP contribution in [0, 0.1) is 19.8 Å². The summed E-state index contributed by atoms with van der Waals surface area (Å²) in [5.74, 6) is 0.197. The van der Waals surface area contributed by atoms with Gasteiger partial charge in [0, 0.05) is 24.1 Å². The molecule has 1 saturated carbocycles. The number of rotatable bonds is 3. The molecule has 0 aliphatic heterocycles. The molecule has 1 fully saturated rings. The van der Waals surface area contributed by atoms with E-state index < -0.39 is 0 Å². The van der Waals surface area contributed by atoms with E-state index >= 15 is 0 Å². The first kappa shape index (κ1) is 15.0. The third kappa shape index (κ3) is 3.60. The number of hydrogen-bond donors (Lipinski definition) is 2.